The molecule has 2 nitrogen and oxygen atoms in total. The fourth-order valence-corrected chi connectivity index (χ4v) is 0.809. The number of amides is 1. The number of hydrogen-bond donors (Lipinski definition) is 0. The van der Waals surface area contributed by atoms with Crippen LogP contribution in [0.1, 0.15) is 19.8 Å². The van der Waals surface area contributed by atoms with Gasteiger partial charge in [-0.2, -0.15) is 0 Å². The molecule has 0 saturated carbocycles. The van der Waals surface area contributed by atoms with Crippen LogP contribution < -0.4 is 0 Å². The molecule has 0 aromatic rings. The minimum absolute atomic E-state index is 0.0585. The molecule has 0 aromatic carbocycles. The smallest absolute Gasteiger partial charge is 0.267 e. The van der Waals surface area contributed by atoms with Crippen LogP contribution in [0.5, 0.6) is 0 Å². The van der Waals surface area contributed by atoms with Crippen molar-refractivity contribution in [2.24, 2.45) is 4.99 Å². The van der Waals surface area contributed by atoms with E-state index in [0.29, 0.717) is 0 Å². The summed E-state index contributed by atoms with van der Waals surface area (Å²) < 4.78 is 0. The average molecular weight is 123 g/mol. The van der Waals surface area contributed by atoms with Crippen molar-refractivity contribution < 1.29 is 4.79 Å². The van der Waals surface area contributed by atoms with Crippen LogP contribution in [0.2, 0.25) is 0 Å². The highest BCUT2D eigenvalue weighted by molar-refractivity contribution is 6.07. The van der Waals surface area contributed by atoms with Crippen molar-refractivity contribution in [1.82, 2.24) is 0 Å². The summed E-state index contributed by atoms with van der Waals surface area (Å²) in [6, 6.07) is 0. The highest BCUT2D eigenvalue weighted by Crippen LogP contribution is 2.09. The monoisotopic (exact) mass is 123 g/mol. The lowest BCUT2D eigenvalue weighted by molar-refractivity contribution is -0.114. The van der Waals surface area contributed by atoms with Crippen molar-refractivity contribution in [3.63, 3.8) is 0 Å². The molecule has 9 heavy (non-hydrogen) atoms. The van der Waals surface area contributed by atoms with Gasteiger partial charge in [0.25, 0.3) is 5.91 Å². The predicted octanol–water partition coefficient (Wildman–Crippen LogP) is 1.32. The van der Waals surface area contributed by atoms with Crippen LogP contribution >= 0.6 is 0 Å². The molecule has 0 unspecified atom stereocenters. The predicted molar refractivity (Wildman–Crippen MR) is 36.5 cm³/mol. The number of rotatable bonds is 2. The van der Waals surface area contributed by atoms with Gasteiger partial charge in [0, 0.05) is 11.8 Å². The van der Waals surface area contributed by atoms with Crippen molar-refractivity contribution in [3.05, 3.63) is 11.6 Å². The van der Waals surface area contributed by atoms with Gasteiger partial charge in [-0.25, -0.2) is 4.99 Å². The highest BCUT2D eigenvalue weighted by Gasteiger charge is 2.08. The van der Waals surface area contributed by atoms with Gasteiger partial charge in [-0.05, 0) is 12.5 Å². The molecule has 0 bridgehead atoms. The van der Waals surface area contributed by atoms with Gasteiger partial charge in [-0.1, -0.05) is 13.3 Å². The van der Waals surface area contributed by atoms with Gasteiger partial charge in [0.1, 0.15) is 0 Å². The molecule has 0 fully saturated rings. The molecule has 2 heteroatoms. The van der Waals surface area contributed by atoms with E-state index < -0.39 is 0 Å². The molecule has 1 aliphatic heterocycles. The highest BCUT2D eigenvalue weighted by atomic mass is 16.1. The number of carbonyl (C=O) groups excluding carboxylic acids is 1. The Kier molecular flexibility index (Phi) is 1.78. The van der Waals surface area contributed by atoms with Crippen molar-refractivity contribution in [3.8, 4) is 0 Å². The largest absolute Gasteiger partial charge is 0.272 e. The summed E-state index contributed by atoms with van der Waals surface area (Å²) in [6.45, 7) is 2.05. The summed E-state index contributed by atoms with van der Waals surface area (Å²) in [4.78, 5) is 14.3. The van der Waals surface area contributed by atoms with Crippen LogP contribution in [0.3, 0.4) is 0 Å². The molecular weight excluding hydrogens is 114 g/mol. The van der Waals surface area contributed by atoms with Gasteiger partial charge in [0.15, 0.2) is 0 Å². The quantitative estimate of drug-likeness (QED) is 0.544. The average Bonchev–Trinajstić information content (AvgIpc) is 2.18. The van der Waals surface area contributed by atoms with Crippen LogP contribution in [0.15, 0.2) is 16.6 Å². The second-order valence-corrected chi connectivity index (χ2v) is 2.03. The molecule has 1 aliphatic rings. The van der Waals surface area contributed by atoms with E-state index in [9.17, 15) is 4.79 Å². The maximum atomic E-state index is 10.7. The van der Waals surface area contributed by atoms with Gasteiger partial charge in [0.05, 0.1) is 0 Å². The third-order valence-corrected chi connectivity index (χ3v) is 1.26. The summed E-state index contributed by atoms with van der Waals surface area (Å²) in [5.41, 5.74) is 0.845. The first-order valence-corrected chi connectivity index (χ1v) is 3.12. The van der Waals surface area contributed by atoms with E-state index in [2.05, 4.69) is 4.99 Å². The van der Waals surface area contributed by atoms with E-state index in [1.807, 2.05) is 6.92 Å². The Hall–Kier alpha value is -0.920. The third kappa shape index (κ3) is 1.25. The fourth-order valence-electron chi connectivity index (χ4n) is 0.809. The Labute approximate surface area is 54.3 Å². The van der Waals surface area contributed by atoms with Crippen molar-refractivity contribution in [2.45, 2.75) is 19.8 Å². The number of allylic oxidation sites excluding steroid dienone is 1. The summed E-state index contributed by atoms with van der Waals surface area (Å²) in [7, 11) is 0. The Morgan fingerprint density at radius 2 is 2.44 bits per heavy atom. The van der Waals surface area contributed by atoms with Crippen molar-refractivity contribution >= 4 is 12.1 Å². The van der Waals surface area contributed by atoms with E-state index in [0.717, 1.165) is 18.4 Å². The molecule has 0 atom stereocenters. The first kappa shape index (κ1) is 6.20. The lowest BCUT2D eigenvalue weighted by Gasteiger charge is -1.91. The van der Waals surface area contributed by atoms with Crippen LogP contribution in [-0.4, -0.2) is 12.1 Å². The molecule has 1 heterocycles. The van der Waals surface area contributed by atoms with Gasteiger partial charge in [0.2, 0.25) is 0 Å². The standard InChI is InChI=1S/C7H9NO/c1-2-3-6-4-5-8-7(6)9/h4-5H,2-3H2,1H3. The first-order valence-electron chi connectivity index (χ1n) is 3.12. The molecule has 0 saturated heterocycles. The molecule has 0 spiro atoms. The molecule has 0 aromatic heterocycles. The first-order chi connectivity index (χ1) is 4.34. The van der Waals surface area contributed by atoms with Crippen molar-refractivity contribution in [2.75, 3.05) is 0 Å². The van der Waals surface area contributed by atoms with E-state index in [1.165, 1.54) is 0 Å². The zero-order valence-corrected chi connectivity index (χ0v) is 5.42. The number of nitrogens with zero attached hydrogens (tertiary/aromatic N) is 1. The summed E-state index contributed by atoms with van der Waals surface area (Å²) in [6.07, 6.45) is 5.22. The number of aliphatic imine (C=N–C) groups is 1. The van der Waals surface area contributed by atoms with E-state index >= 15 is 0 Å². The maximum Gasteiger partial charge on any atom is 0.272 e. The fraction of sp³-hybridized carbons (Fsp3) is 0.429. The Morgan fingerprint density at radius 1 is 1.67 bits per heavy atom. The topological polar surface area (TPSA) is 29.4 Å². The van der Waals surface area contributed by atoms with Crippen LogP contribution in [0.25, 0.3) is 0 Å². The van der Waals surface area contributed by atoms with Gasteiger partial charge in [-0.15, -0.1) is 0 Å². The van der Waals surface area contributed by atoms with Gasteiger partial charge >= 0.3 is 0 Å². The zero-order chi connectivity index (χ0) is 6.69. The second-order valence-electron chi connectivity index (χ2n) is 2.03. The van der Waals surface area contributed by atoms with Crippen LogP contribution in [0, 0.1) is 0 Å². The SMILES string of the molecule is CCCC1=CC=NC1=O. The van der Waals surface area contributed by atoms with Crippen LogP contribution in [0.4, 0.5) is 0 Å². The molecule has 1 amide bonds. The minimum atomic E-state index is -0.0585. The van der Waals surface area contributed by atoms with Crippen LogP contribution in [-0.2, 0) is 4.79 Å². The van der Waals surface area contributed by atoms with E-state index in [1.54, 1.807) is 12.3 Å². The third-order valence-electron chi connectivity index (χ3n) is 1.26. The molecule has 0 radical (unpaired) electrons. The van der Waals surface area contributed by atoms with Crippen molar-refractivity contribution in [1.29, 1.82) is 0 Å². The summed E-state index contributed by atoms with van der Waals surface area (Å²) in [5.74, 6) is -0.0585. The second kappa shape index (κ2) is 2.58. The molecule has 0 aliphatic carbocycles. The minimum Gasteiger partial charge on any atom is -0.267 e. The van der Waals surface area contributed by atoms with Gasteiger partial charge in [-0.3, -0.25) is 4.79 Å². The van der Waals surface area contributed by atoms with E-state index in [4.69, 9.17) is 0 Å². The van der Waals surface area contributed by atoms with E-state index in [-0.39, 0.29) is 5.91 Å². The lowest BCUT2D eigenvalue weighted by Crippen LogP contribution is -1.92. The normalized spacial score (nSPS) is 16.6. The zero-order valence-electron chi connectivity index (χ0n) is 5.42. The maximum absolute atomic E-state index is 10.7. The van der Waals surface area contributed by atoms with Gasteiger partial charge < -0.3 is 0 Å². The number of carbonyl (C=O) groups is 1. The molecule has 0 N–H and O–H groups in total. The number of hydrogen-bond acceptors (Lipinski definition) is 1. The molecular formula is C7H9NO. The molecule has 48 valence electrons. The summed E-state index contributed by atoms with van der Waals surface area (Å²) in [5, 5.41) is 0. The lowest BCUT2D eigenvalue weighted by atomic mass is 10.1. The Bertz CT molecular complexity index is 179. The Morgan fingerprint density at radius 3 is 2.89 bits per heavy atom. The Balaban J connectivity index is 2.54. The molecule has 1 rings (SSSR count). The summed E-state index contributed by atoms with van der Waals surface area (Å²) >= 11 is 0.